The number of amides is 2. The highest BCUT2D eigenvalue weighted by Crippen LogP contribution is 2.29. The molecule has 0 saturated heterocycles. The van der Waals surface area contributed by atoms with Crippen LogP contribution in [-0.4, -0.2) is 22.9 Å². The number of carbonyl (C=O) groups is 2. The van der Waals surface area contributed by atoms with Gasteiger partial charge in [0.25, 0.3) is 11.8 Å². The molecular weight excluding hydrogens is 386 g/mol. The van der Waals surface area contributed by atoms with Crippen LogP contribution in [0.15, 0.2) is 48.5 Å². The fourth-order valence-electron chi connectivity index (χ4n) is 3.20. The minimum atomic E-state index is -0.650. The fraction of sp³-hybridized carbons (Fsp3) is 0.227. The van der Waals surface area contributed by atoms with Gasteiger partial charge in [-0.15, -0.1) is 11.3 Å². The predicted molar refractivity (Wildman–Crippen MR) is 112 cm³/mol. The SMILES string of the molecule is CCc1ccc(-c2nc(C)c(C(=O)NNC(=O)C3Cc4ccccc4O3)s2)cc1. The van der Waals surface area contributed by atoms with Crippen molar-refractivity contribution in [2.24, 2.45) is 0 Å². The summed E-state index contributed by atoms with van der Waals surface area (Å²) in [5, 5.41) is 0.774. The van der Waals surface area contributed by atoms with Crippen molar-refractivity contribution in [2.75, 3.05) is 0 Å². The number of thiazole rings is 1. The number of aromatic nitrogens is 1. The Hall–Kier alpha value is -3.19. The first-order valence-corrected chi connectivity index (χ1v) is 10.3. The van der Waals surface area contributed by atoms with E-state index in [4.69, 9.17) is 4.74 Å². The van der Waals surface area contributed by atoms with Crippen LogP contribution in [-0.2, 0) is 17.6 Å². The molecule has 2 aromatic carbocycles. The van der Waals surface area contributed by atoms with Crippen molar-refractivity contribution >= 4 is 23.2 Å². The van der Waals surface area contributed by atoms with Gasteiger partial charge >= 0.3 is 0 Å². The second kappa shape index (κ2) is 8.05. The van der Waals surface area contributed by atoms with E-state index in [1.54, 1.807) is 6.92 Å². The summed E-state index contributed by atoms with van der Waals surface area (Å²) < 4.78 is 5.64. The van der Waals surface area contributed by atoms with Crippen LogP contribution in [0.1, 0.15) is 33.4 Å². The summed E-state index contributed by atoms with van der Waals surface area (Å²) in [6.07, 6.45) is 0.804. The number of hydrogen-bond acceptors (Lipinski definition) is 5. The van der Waals surface area contributed by atoms with Crippen LogP contribution in [0, 0.1) is 6.92 Å². The lowest BCUT2D eigenvalue weighted by molar-refractivity contribution is -0.128. The zero-order valence-corrected chi connectivity index (χ0v) is 17.0. The van der Waals surface area contributed by atoms with Crippen molar-refractivity contribution in [1.82, 2.24) is 15.8 Å². The summed E-state index contributed by atoms with van der Waals surface area (Å²) in [6, 6.07) is 15.7. The molecule has 2 amide bonds. The van der Waals surface area contributed by atoms with E-state index in [1.807, 2.05) is 36.4 Å². The second-order valence-electron chi connectivity index (χ2n) is 6.85. The molecule has 0 fully saturated rings. The van der Waals surface area contributed by atoms with E-state index >= 15 is 0 Å². The normalized spacial score (nSPS) is 14.8. The highest BCUT2D eigenvalue weighted by atomic mass is 32.1. The van der Waals surface area contributed by atoms with Gasteiger partial charge in [0.1, 0.15) is 15.6 Å². The van der Waals surface area contributed by atoms with Gasteiger partial charge in [-0.05, 0) is 30.5 Å². The standard InChI is InChI=1S/C22H21N3O3S/c1-3-14-8-10-15(11-9-14)22-23-13(2)19(29-22)21(27)25-24-20(26)18-12-16-6-4-5-7-17(16)28-18/h4-11,18H,3,12H2,1-2H3,(H,24,26)(H,25,27). The zero-order valence-electron chi connectivity index (χ0n) is 16.2. The van der Waals surface area contributed by atoms with E-state index in [0.717, 1.165) is 22.6 Å². The molecule has 1 unspecified atom stereocenters. The summed E-state index contributed by atoms with van der Waals surface area (Å²) >= 11 is 1.30. The lowest BCUT2D eigenvalue weighted by atomic mass is 10.1. The Morgan fingerprint density at radius 3 is 2.62 bits per heavy atom. The summed E-state index contributed by atoms with van der Waals surface area (Å²) in [6.45, 7) is 3.89. The molecule has 0 bridgehead atoms. The molecule has 1 aliphatic heterocycles. The maximum Gasteiger partial charge on any atom is 0.281 e. The number of aryl methyl sites for hydroxylation is 2. The van der Waals surface area contributed by atoms with Crippen molar-refractivity contribution in [3.8, 4) is 16.3 Å². The van der Waals surface area contributed by atoms with Gasteiger partial charge < -0.3 is 4.74 Å². The largest absolute Gasteiger partial charge is 0.480 e. The van der Waals surface area contributed by atoms with Gasteiger partial charge in [-0.1, -0.05) is 49.4 Å². The molecule has 0 aliphatic carbocycles. The van der Waals surface area contributed by atoms with Gasteiger partial charge in [0.15, 0.2) is 6.10 Å². The first-order chi connectivity index (χ1) is 14.0. The Morgan fingerprint density at radius 2 is 1.90 bits per heavy atom. The molecular formula is C22H21N3O3S. The molecule has 1 aliphatic rings. The number of para-hydroxylation sites is 1. The molecule has 4 rings (SSSR count). The third-order valence-electron chi connectivity index (χ3n) is 4.85. The van der Waals surface area contributed by atoms with E-state index in [-0.39, 0.29) is 11.8 Å². The predicted octanol–water partition coefficient (Wildman–Crippen LogP) is 3.45. The molecule has 29 heavy (non-hydrogen) atoms. The quantitative estimate of drug-likeness (QED) is 0.649. The monoisotopic (exact) mass is 407 g/mol. The van der Waals surface area contributed by atoms with Crippen molar-refractivity contribution < 1.29 is 14.3 Å². The summed E-state index contributed by atoms with van der Waals surface area (Å²) in [5.41, 5.74) is 8.77. The summed E-state index contributed by atoms with van der Waals surface area (Å²) in [4.78, 5) is 29.9. The van der Waals surface area contributed by atoms with Gasteiger partial charge in [-0.25, -0.2) is 4.98 Å². The van der Waals surface area contributed by atoms with E-state index in [9.17, 15) is 9.59 Å². The molecule has 0 spiro atoms. The van der Waals surface area contributed by atoms with Crippen LogP contribution in [0.4, 0.5) is 0 Å². The van der Waals surface area contributed by atoms with E-state index in [2.05, 4.69) is 34.9 Å². The molecule has 1 aromatic heterocycles. The van der Waals surface area contributed by atoms with Crippen LogP contribution >= 0.6 is 11.3 Å². The van der Waals surface area contributed by atoms with E-state index in [1.165, 1.54) is 16.9 Å². The average Bonchev–Trinajstić information content (AvgIpc) is 3.35. The number of fused-ring (bicyclic) bond motifs is 1. The smallest absolute Gasteiger partial charge is 0.281 e. The fourth-order valence-corrected chi connectivity index (χ4v) is 4.16. The number of carbonyl (C=O) groups excluding carboxylic acids is 2. The topological polar surface area (TPSA) is 80.3 Å². The first kappa shape index (κ1) is 19.1. The first-order valence-electron chi connectivity index (χ1n) is 9.46. The number of hydrogen-bond donors (Lipinski definition) is 2. The van der Waals surface area contributed by atoms with Crippen molar-refractivity contribution in [3.05, 3.63) is 70.2 Å². The Kier molecular flexibility index (Phi) is 5.31. The van der Waals surface area contributed by atoms with Crippen molar-refractivity contribution in [1.29, 1.82) is 0 Å². The minimum absolute atomic E-state index is 0.382. The summed E-state index contributed by atoms with van der Waals surface area (Å²) in [5.74, 6) is -0.0663. The maximum absolute atomic E-state index is 12.6. The number of ether oxygens (including phenoxy) is 1. The van der Waals surface area contributed by atoms with Gasteiger partial charge in [-0.3, -0.25) is 20.4 Å². The van der Waals surface area contributed by atoms with Gasteiger partial charge in [0.05, 0.1) is 5.69 Å². The molecule has 0 saturated carbocycles. The van der Waals surface area contributed by atoms with Crippen molar-refractivity contribution in [3.63, 3.8) is 0 Å². The number of benzene rings is 2. The molecule has 7 heteroatoms. The van der Waals surface area contributed by atoms with E-state index in [0.29, 0.717) is 22.7 Å². The molecule has 2 N–H and O–H groups in total. The average molecular weight is 407 g/mol. The molecule has 148 valence electrons. The molecule has 3 aromatic rings. The second-order valence-corrected chi connectivity index (χ2v) is 7.84. The number of rotatable bonds is 4. The van der Waals surface area contributed by atoms with Crippen LogP contribution < -0.4 is 15.6 Å². The Balaban J connectivity index is 1.39. The highest BCUT2D eigenvalue weighted by molar-refractivity contribution is 7.17. The van der Waals surface area contributed by atoms with Crippen LogP contribution in [0.2, 0.25) is 0 Å². The van der Waals surface area contributed by atoms with Gasteiger partial charge in [0.2, 0.25) is 0 Å². The molecule has 1 atom stereocenters. The Bertz CT molecular complexity index is 1030. The Labute approximate surface area is 172 Å². The Morgan fingerprint density at radius 1 is 1.14 bits per heavy atom. The van der Waals surface area contributed by atoms with E-state index < -0.39 is 6.10 Å². The minimum Gasteiger partial charge on any atom is -0.480 e. The maximum atomic E-state index is 12.6. The van der Waals surface area contributed by atoms with Crippen LogP contribution in [0.3, 0.4) is 0 Å². The lowest BCUT2D eigenvalue weighted by Crippen LogP contribution is -2.47. The molecule has 0 radical (unpaired) electrons. The zero-order chi connectivity index (χ0) is 20.4. The molecule has 6 nitrogen and oxygen atoms in total. The molecule has 2 heterocycles. The number of hydrazine groups is 1. The van der Waals surface area contributed by atoms with Crippen molar-refractivity contribution in [2.45, 2.75) is 32.8 Å². The van der Waals surface area contributed by atoms with Gasteiger partial charge in [-0.2, -0.15) is 0 Å². The number of nitrogens with zero attached hydrogens (tertiary/aromatic N) is 1. The van der Waals surface area contributed by atoms with Crippen LogP contribution in [0.25, 0.3) is 10.6 Å². The third-order valence-corrected chi connectivity index (χ3v) is 6.06. The summed E-state index contributed by atoms with van der Waals surface area (Å²) in [7, 11) is 0. The third kappa shape index (κ3) is 4.00. The highest BCUT2D eigenvalue weighted by Gasteiger charge is 2.29. The lowest BCUT2D eigenvalue weighted by Gasteiger charge is -2.11. The van der Waals surface area contributed by atoms with Crippen LogP contribution in [0.5, 0.6) is 5.75 Å². The number of nitrogens with one attached hydrogen (secondary N) is 2. The van der Waals surface area contributed by atoms with Gasteiger partial charge in [0, 0.05) is 12.0 Å².